The summed E-state index contributed by atoms with van der Waals surface area (Å²) in [6.45, 7) is 18.7. The third-order valence-corrected chi connectivity index (χ3v) is 29.3. The Labute approximate surface area is 375 Å². The van der Waals surface area contributed by atoms with Crippen LogP contribution in [0.1, 0.15) is 68.2 Å². The van der Waals surface area contributed by atoms with Crippen molar-refractivity contribution < 1.29 is 8.85 Å². The molecule has 58 heavy (non-hydrogen) atoms. The minimum atomic E-state index is -2.93. The number of hydrogen-bond donors (Lipinski definition) is 0. The standard InChI is InChI=1S/C48H54O2S6Si2/c1-9-33-51-43-44(52-34-10-2)56-46(55-43)45-53-41-39(49-57(47(3,4)5,35-23-15-11-16-24-35)36-25-17-12-18-26-36)31-32-40(42(41)54-45)50-58(48(6,7)8,37-27-19-13-20-28-37)38-29-21-14-22-30-38/h11-32H,9-10,33-34H2,1-8H3. The summed E-state index contributed by atoms with van der Waals surface area (Å²) >= 11 is 11.7. The summed E-state index contributed by atoms with van der Waals surface area (Å²) in [7, 11) is -5.87. The molecule has 0 atom stereocenters. The lowest BCUT2D eigenvalue weighted by Gasteiger charge is -2.44. The molecule has 2 nitrogen and oxygen atoms in total. The van der Waals surface area contributed by atoms with Crippen LogP contribution in [0.15, 0.2) is 160 Å². The van der Waals surface area contributed by atoms with E-state index in [2.05, 4.69) is 189 Å². The van der Waals surface area contributed by atoms with Crippen LogP contribution in [-0.4, -0.2) is 28.1 Å². The Bertz CT molecular complexity index is 2000. The van der Waals surface area contributed by atoms with Gasteiger partial charge in [-0.3, -0.25) is 0 Å². The van der Waals surface area contributed by atoms with Gasteiger partial charge in [-0.25, -0.2) is 0 Å². The van der Waals surface area contributed by atoms with Crippen molar-refractivity contribution in [2.75, 3.05) is 11.5 Å². The smallest absolute Gasteiger partial charge is 0.320 e. The number of hydrogen-bond acceptors (Lipinski definition) is 8. The molecule has 2 heterocycles. The highest BCUT2D eigenvalue weighted by molar-refractivity contribution is 8.42. The van der Waals surface area contributed by atoms with Crippen molar-refractivity contribution in [3.63, 3.8) is 0 Å². The van der Waals surface area contributed by atoms with Gasteiger partial charge in [0.1, 0.15) is 11.5 Å². The lowest BCUT2D eigenvalue weighted by Crippen LogP contribution is -2.69. The van der Waals surface area contributed by atoms with Gasteiger partial charge in [-0.05, 0) is 67.3 Å². The van der Waals surface area contributed by atoms with Crippen molar-refractivity contribution in [3.8, 4) is 11.5 Å². The Balaban J connectivity index is 1.42. The second-order valence-corrected chi connectivity index (χ2v) is 32.3. The largest absolute Gasteiger partial charge is 0.533 e. The predicted molar refractivity (Wildman–Crippen MR) is 269 cm³/mol. The molecule has 0 amide bonds. The maximum atomic E-state index is 7.87. The SMILES string of the molecule is CCCSC1=C(SCCC)SC(=C2Sc3c(O[Si](c4ccccc4)(c4ccccc4)C(C)(C)C)ccc(O[Si](c4ccccc4)(c4ccccc4)C(C)(C)C)c3S2)S1. The molecule has 0 unspecified atom stereocenters. The molecule has 0 spiro atoms. The zero-order valence-corrected chi connectivity index (χ0v) is 41.7. The van der Waals surface area contributed by atoms with E-state index in [4.69, 9.17) is 8.85 Å². The molecule has 0 radical (unpaired) electrons. The first-order valence-corrected chi connectivity index (χ1v) is 29.2. The van der Waals surface area contributed by atoms with Gasteiger partial charge in [0.05, 0.1) is 26.7 Å². The lowest BCUT2D eigenvalue weighted by molar-refractivity contribution is 0.478. The van der Waals surface area contributed by atoms with Gasteiger partial charge in [0.15, 0.2) is 0 Å². The zero-order valence-electron chi connectivity index (χ0n) is 34.8. The zero-order chi connectivity index (χ0) is 41.0. The van der Waals surface area contributed by atoms with Gasteiger partial charge in [0, 0.05) is 0 Å². The van der Waals surface area contributed by atoms with E-state index in [1.54, 1.807) is 0 Å². The summed E-state index contributed by atoms with van der Waals surface area (Å²) in [6.07, 6.45) is 2.33. The second-order valence-electron chi connectivity index (χ2n) is 16.5. The molecule has 5 aromatic carbocycles. The summed E-state index contributed by atoms with van der Waals surface area (Å²) in [5.41, 5.74) is 0. The quantitative estimate of drug-likeness (QED) is 0.101. The first-order chi connectivity index (χ1) is 27.9. The normalized spacial score (nSPS) is 14.9. The molecule has 0 N–H and O–H groups in total. The van der Waals surface area contributed by atoms with Gasteiger partial charge >= 0.3 is 16.6 Å². The van der Waals surface area contributed by atoms with Crippen LogP contribution in [0.2, 0.25) is 10.1 Å². The highest BCUT2D eigenvalue weighted by atomic mass is 32.3. The number of benzene rings is 5. The molecule has 302 valence electrons. The van der Waals surface area contributed by atoms with Crippen LogP contribution in [0, 0.1) is 0 Å². The summed E-state index contributed by atoms with van der Waals surface area (Å²) in [5.74, 6) is 4.15. The highest BCUT2D eigenvalue weighted by Gasteiger charge is 2.54. The van der Waals surface area contributed by atoms with Crippen molar-refractivity contribution in [2.24, 2.45) is 0 Å². The van der Waals surface area contributed by atoms with Gasteiger partial charge in [0.25, 0.3) is 0 Å². The lowest BCUT2D eigenvalue weighted by atomic mass is 10.2. The molecule has 0 saturated carbocycles. The van der Waals surface area contributed by atoms with Gasteiger partial charge in [-0.1, -0.05) is 224 Å². The Hall–Kier alpha value is -2.29. The fraction of sp³-hybridized carbons (Fsp3) is 0.292. The van der Waals surface area contributed by atoms with Crippen LogP contribution < -0.4 is 29.6 Å². The number of fused-ring (bicyclic) bond motifs is 1. The molecule has 10 heteroatoms. The van der Waals surface area contributed by atoms with E-state index in [0.717, 1.165) is 45.6 Å². The van der Waals surface area contributed by atoms with Crippen LogP contribution >= 0.6 is 70.6 Å². The molecule has 2 aliphatic heterocycles. The summed E-state index contributed by atoms with van der Waals surface area (Å²) in [5, 5.41) is 4.72. The molecule has 2 aliphatic rings. The molecular weight excluding hydrogens is 857 g/mol. The number of rotatable bonds is 14. The first-order valence-electron chi connectivity index (χ1n) is 20.2. The van der Waals surface area contributed by atoms with E-state index in [-0.39, 0.29) is 10.1 Å². The molecule has 7 rings (SSSR count). The molecule has 0 aromatic heterocycles. The van der Waals surface area contributed by atoms with Gasteiger partial charge in [-0.15, -0.1) is 23.5 Å². The average molecular weight is 912 g/mol. The van der Waals surface area contributed by atoms with E-state index in [1.807, 2.05) is 70.6 Å². The van der Waals surface area contributed by atoms with E-state index in [1.165, 1.54) is 37.7 Å². The van der Waals surface area contributed by atoms with Crippen molar-refractivity contribution in [1.29, 1.82) is 0 Å². The molecule has 5 aromatic rings. The molecular formula is C48H54O2S6Si2. The van der Waals surface area contributed by atoms with Crippen molar-refractivity contribution >= 4 is 108 Å². The van der Waals surface area contributed by atoms with Gasteiger partial charge in [0.2, 0.25) is 0 Å². The molecule has 0 aliphatic carbocycles. The summed E-state index contributed by atoms with van der Waals surface area (Å²) < 4.78 is 21.3. The van der Waals surface area contributed by atoms with E-state index in [9.17, 15) is 0 Å². The fourth-order valence-electron chi connectivity index (χ4n) is 7.72. The maximum Gasteiger partial charge on any atom is 0.320 e. The van der Waals surface area contributed by atoms with Crippen molar-refractivity contribution in [2.45, 2.75) is 88.1 Å². The Morgan fingerprint density at radius 2 is 0.724 bits per heavy atom. The average Bonchev–Trinajstić information content (AvgIpc) is 3.86. The van der Waals surface area contributed by atoms with E-state index < -0.39 is 16.6 Å². The molecule has 0 saturated heterocycles. The second kappa shape index (κ2) is 18.8. The van der Waals surface area contributed by atoms with Gasteiger partial charge in [-0.2, -0.15) is 0 Å². The number of thioether (sulfide) groups is 6. The fourth-order valence-corrected chi connectivity index (χ4v) is 25.3. The van der Waals surface area contributed by atoms with E-state index >= 15 is 0 Å². The van der Waals surface area contributed by atoms with Gasteiger partial charge < -0.3 is 8.85 Å². The van der Waals surface area contributed by atoms with E-state index in [0.29, 0.717) is 0 Å². The minimum absolute atomic E-state index is 0.178. The van der Waals surface area contributed by atoms with Crippen LogP contribution in [-0.2, 0) is 0 Å². The third-order valence-electron chi connectivity index (χ3n) is 10.4. The van der Waals surface area contributed by atoms with Crippen LogP contribution in [0.3, 0.4) is 0 Å². The third kappa shape index (κ3) is 8.74. The van der Waals surface area contributed by atoms with Crippen molar-refractivity contribution in [1.82, 2.24) is 0 Å². The topological polar surface area (TPSA) is 18.5 Å². The van der Waals surface area contributed by atoms with Crippen LogP contribution in [0.25, 0.3) is 0 Å². The monoisotopic (exact) mass is 910 g/mol. The maximum absolute atomic E-state index is 7.87. The Morgan fingerprint density at radius 3 is 1.00 bits per heavy atom. The minimum Gasteiger partial charge on any atom is -0.533 e. The molecule has 0 fully saturated rings. The van der Waals surface area contributed by atoms with Crippen molar-refractivity contribution in [3.05, 3.63) is 150 Å². The van der Waals surface area contributed by atoms with Crippen LogP contribution in [0.4, 0.5) is 0 Å². The summed E-state index contributed by atoms with van der Waals surface area (Å²) in [6, 6.07) is 48.5. The predicted octanol–water partition coefficient (Wildman–Crippen LogP) is 13.8. The molecule has 0 bridgehead atoms. The van der Waals surface area contributed by atoms with Crippen LogP contribution in [0.5, 0.6) is 11.5 Å². The first kappa shape index (κ1) is 43.8. The summed E-state index contributed by atoms with van der Waals surface area (Å²) in [4.78, 5) is 2.32. The highest BCUT2D eigenvalue weighted by Crippen LogP contribution is 2.67. The Kier molecular flexibility index (Phi) is 14.2. The Morgan fingerprint density at radius 1 is 0.431 bits per heavy atom.